The molecule has 0 saturated carbocycles. The highest BCUT2D eigenvalue weighted by molar-refractivity contribution is 7.87. The summed E-state index contributed by atoms with van der Waals surface area (Å²) in [6, 6.07) is 11.7. The number of aromatic amines is 1. The summed E-state index contributed by atoms with van der Waals surface area (Å²) in [7, 11) is -1.75. The van der Waals surface area contributed by atoms with Crippen LogP contribution >= 0.6 is 0 Å². The van der Waals surface area contributed by atoms with Gasteiger partial charge in [0, 0.05) is 17.1 Å². The number of fused-ring (bicyclic) bond motifs is 1. The quantitative estimate of drug-likeness (QED) is 0.650. The topological polar surface area (TPSA) is 62.4 Å². The van der Waals surface area contributed by atoms with Gasteiger partial charge in [0.2, 0.25) is 0 Å². The Bertz CT molecular complexity index is 1100. The fraction of sp³-hybridized carbons (Fsp3) is 0.273. The van der Waals surface area contributed by atoms with E-state index in [2.05, 4.69) is 23.5 Å². The molecule has 2 heterocycles. The Kier molecular flexibility index (Phi) is 5.00. The Labute approximate surface area is 165 Å². The number of rotatable bonds is 5. The number of benzene rings is 2. The number of likely N-dealkylation sites (tertiary alicyclic amines) is 1. The van der Waals surface area contributed by atoms with Crippen LogP contribution in [0.15, 0.2) is 60.1 Å². The smallest absolute Gasteiger partial charge is 0.339 e. The summed E-state index contributed by atoms with van der Waals surface area (Å²) in [5.74, 6) is 0.753. The average molecular weight is 397 g/mol. The van der Waals surface area contributed by atoms with E-state index in [0.717, 1.165) is 42.4 Å². The van der Waals surface area contributed by atoms with Crippen molar-refractivity contribution in [3.63, 3.8) is 0 Å². The fourth-order valence-corrected chi connectivity index (χ4v) is 4.82. The summed E-state index contributed by atoms with van der Waals surface area (Å²) < 4.78 is 30.7. The highest BCUT2D eigenvalue weighted by Crippen LogP contribution is 2.36. The molecule has 28 heavy (non-hydrogen) atoms. The van der Waals surface area contributed by atoms with Crippen molar-refractivity contribution >= 4 is 27.1 Å². The van der Waals surface area contributed by atoms with Crippen LogP contribution in [0.5, 0.6) is 5.75 Å². The minimum Gasteiger partial charge on any atom is -0.379 e. The molecule has 1 aliphatic heterocycles. The second-order valence-electron chi connectivity index (χ2n) is 7.31. The molecule has 0 spiro atoms. The summed E-state index contributed by atoms with van der Waals surface area (Å²) in [6.45, 7) is 6.00. The third-order valence-electron chi connectivity index (χ3n) is 5.44. The predicted octanol–water partition coefficient (Wildman–Crippen LogP) is 4.39. The molecule has 1 aliphatic rings. The molecular weight excluding hydrogens is 372 g/mol. The van der Waals surface area contributed by atoms with Gasteiger partial charge in [0.05, 0.1) is 5.52 Å². The van der Waals surface area contributed by atoms with Crippen LogP contribution in [0.2, 0.25) is 0 Å². The Morgan fingerprint density at radius 1 is 1.18 bits per heavy atom. The van der Waals surface area contributed by atoms with E-state index in [9.17, 15) is 8.42 Å². The first-order valence-corrected chi connectivity index (χ1v) is 10.8. The fourth-order valence-electron chi connectivity index (χ4n) is 3.88. The molecule has 5 nitrogen and oxygen atoms in total. The summed E-state index contributed by atoms with van der Waals surface area (Å²) in [4.78, 5) is 5.82. The average Bonchev–Trinajstić information content (AvgIpc) is 3.12. The first-order chi connectivity index (χ1) is 13.5. The lowest BCUT2D eigenvalue weighted by molar-refractivity contribution is 0.256. The van der Waals surface area contributed by atoms with Crippen molar-refractivity contribution in [1.82, 2.24) is 9.88 Å². The number of hydrogen-bond acceptors (Lipinski definition) is 4. The number of aromatic nitrogens is 1. The van der Waals surface area contributed by atoms with E-state index < -0.39 is 10.1 Å². The molecule has 2 aromatic carbocycles. The summed E-state index contributed by atoms with van der Waals surface area (Å²) in [6.07, 6.45) is 5.93. The van der Waals surface area contributed by atoms with Gasteiger partial charge < -0.3 is 14.1 Å². The summed E-state index contributed by atoms with van der Waals surface area (Å²) in [5, 5.41) is 1.00. The second-order valence-corrected chi connectivity index (χ2v) is 8.86. The standard InChI is InChI=1S/C22H24N2O3S/c1-3-16-13-18(27-28(25,26)19-7-5-4-6-8-19)14-20-21(15-23-22(16)20)17-9-11-24(2)12-10-17/h3-8,13-15,17,23H,1,9-12H2,2H3. The van der Waals surface area contributed by atoms with Crippen LogP contribution in [0, 0.1) is 0 Å². The van der Waals surface area contributed by atoms with Gasteiger partial charge in [0.15, 0.2) is 0 Å². The van der Waals surface area contributed by atoms with Crippen molar-refractivity contribution in [2.75, 3.05) is 20.1 Å². The van der Waals surface area contributed by atoms with E-state index >= 15 is 0 Å². The van der Waals surface area contributed by atoms with E-state index in [1.807, 2.05) is 12.3 Å². The lowest BCUT2D eigenvalue weighted by Crippen LogP contribution is -2.29. The molecule has 0 amide bonds. The number of nitrogens with zero attached hydrogens (tertiary/aromatic N) is 1. The van der Waals surface area contributed by atoms with Gasteiger partial charge in [-0.05, 0) is 68.7 Å². The Morgan fingerprint density at radius 3 is 2.57 bits per heavy atom. The van der Waals surface area contributed by atoms with Crippen molar-refractivity contribution in [3.8, 4) is 5.75 Å². The lowest BCUT2D eigenvalue weighted by Gasteiger charge is -2.28. The van der Waals surface area contributed by atoms with Crippen LogP contribution in [0.3, 0.4) is 0 Å². The van der Waals surface area contributed by atoms with Crippen LogP contribution in [-0.4, -0.2) is 38.4 Å². The van der Waals surface area contributed by atoms with E-state index in [1.54, 1.807) is 30.3 Å². The molecule has 146 valence electrons. The summed E-state index contributed by atoms with van der Waals surface area (Å²) >= 11 is 0. The first kappa shape index (κ1) is 18.8. The molecule has 1 saturated heterocycles. The highest BCUT2D eigenvalue weighted by atomic mass is 32.2. The Morgan fingerprint density at radius 2 is 1.89 bits per heavy atom. The van der Waals surface area contributed by atoms with Gasteiger partial charge >= 0.3 is 10.1 Å². The van der Waals surface area contributed by atoms with Crippen LogP contribution in [0.1, 0.15) is 29.9 Å². The normalized spacial score (nSPS) is 16.3. The molecule has 0 atom stereocenters. The zero-order chi connectivity index (χ0) is 19.7. The second kappa shape index (κ2) is 7.45. The molecule has 6 heteroatoms. The zero-order valence-electron chi connectivity index (χ0n) is 15.9. The van der Waals surface area contributed by atoms with Gasteiger partial charge in [-0.3, -0.25) is 0 Å². The molecule has 3 aromatic rings. The van der Waals surface area contributed by atoms with E-state index in [0.29, 0.717) is 11.7 Å². The van der Waals surface area contributed by atoms with Gasteiger partial charge in [-0.1, -0.05) is 30.9 Å². The van der Waals surface area contributed by atoms with Crippen molar-refractivity contribution in [1.29, 1.82) is 0 Å². The van der Waals surface area contributed by atoms with Crippen LogP contribution in [0.4, 0.5) is 0 Å². The van der Waals surface area contributed by atoms with Crippen molar-refractivity contribution in [3.05, 3.63) is 66.4 Å². The van der Waals surface area contributed by atoms with Crippen LogP contribution in [-0.2, 0) is 10.1 Å². The van der Waals surface area contributed by atoms with E-state index in [4.69, 9.17) is 4.18 Å². The maximum atomic E-state index is 12.6. The minimum absolute atomic E-state index is 0.139. The molecule has 4 rings (SSSR count). The van der Waals surface area contributed by atoms with Gasteiger partial charge in [-0.15, -0.1) is 0 Å². The van der Waals surface area contributed by atoms with Crippen molar-refractivity contribution < 1.29 is 12.6 Å². The van der Waals surface area contributed by atoms with E-state index in [1.165, 1.54) is 17.7 Å². The van der Waals surface area contributed by atoms with E-state index in [-0.39, 0.29) is 4.90 Å². The summed E-state index contributed by atoms with van der Waals surface area (Å²) in [5.41, 5.74) is 3.01. The van der Waals surface area contributed by atoms with Crippen molar-refractivity contribution in [2.45, 2.75) is 23.7 Å². The number of nitrogens with one attached hydrogen (secondary N) is 1. The third kappa shape index (κ3) is 3.57. The number of hydrogen-bond donors (Lipinski definition) is 1. The van der Waals surface area contributed by atoms with Gasteiger partial charge in [0.1, 0.15) is 10.6 Å². The SMILES string of the molecule is C=Cc1cc(OS(=O)(=O)c2ccccc2)cc2c(C3CCN(C)CC3)c[nH]c12. The largest absolute Gasteiger partial charge is 0.379 e. The van der Waals surface area contributed by atoms with Crippen LogP contribution < -0.4 is 4.18 Å². The Hall–Kier alpha value is -2.57. The van der Waals surface area contributed by atoms with Gasteiger partial charge in [-0.2, -0.15) is 8.42 Å². The molecule has 1 fully saturated rings. The molecule has 1 aromatic heterocycles. The number of H-pyrrole nitrogens is 1. The minimum atomic E-state index is -3.89. The van der Waals surface area contributed by atoms with Gasteiger partial charge in [0.25, 0.3) is 0 Å². The molecular formula is C22H24N2O3S. The number of piperidine rings is 1. The maximum Gasteiger partial charge on any atom is 0.339 e. The van der Waals surface area contributed by atoms with Crippen molar-refractivity contribution in [2.24, 2.45) is 0 Å². The maximum absolute atomic E-state index is 12.6. The molecule has 0 unspecified atom stereocenters. The monoisotopic (exact) mass is 396 g/mol. The Balaban J connectivity index is 1.73. The molecule has 0 bridgehead atoms. The zero-order valence-corrected chi connectivity index (χ0v) is 16.7. The predicted molar refractivity (Wildman–Crippen MR) is 112 cm³/mol. The van der Waals surface area contributed by atoms with Gasteiger partial charge in [-0.25, -0.2) is 0 Å². The first-order valence-electron chi connectivity index (χ1n) is 9.43. The molecule has 0 radical (unpaired) electrons. The lowest BCUT2D eigenvalue weighted by atomic mass is 9.89. The third-order valence-corrected chi connectivity index (χ3v) is 6.70. The highest BCUT2D eigenvalue weighted by Gasteiger charge is 2.23. The van der Waals surface area contributed by atoms with Crippen LogP contribution in [0.25, 0.3) is 17.0 Å². The molecule has 0 aliphatic carbocycles. The molecule has 1 N–H and O–H groups in total.